The van der Waals surface area contributed by atoms with E-state index in [0.717, 1.165) is 6.20 Å². The highest BCUT2D eigenvalue weighted by Gasteiger charge is 2.18. The Hall–Kier alpha value is -3.82. The van der Waals surface area contributed by atoms with Gasteiger partial charge >= 0.3 is 0 Å². The minimum absolute atomic E-state index is 0.0494. The zero-order chi connectivity index (χ0) is 26.8. The molecule has 0 N–H and O–H groups in total. The highest BCUT2D eigenvalue weighted by molar-refractivity contribution is 5.96. The molecule has 0 bridgehead atoms. The van der Waals surface area contributed by atoms with Crippen molar-refractivity contribution in [1.82, 2.24) is 40.0 Å². The second kappa shape index (κ2) is 6.41. The molecule has 28 heavy (non-hydrogen) atoms. The van der Waals surface area contributed by atoms with E-state index >= 15 is 0 Å². The Morgan fingerprint density at radius 3 is 3.04 bits per heavy atom. The van der Waals surface area contributed by atoms with Crippen molar-refractivity contribution >= 4 is 16.4 Å². The number of hydrogen-bond acceptors (Lipinski definition) is 8. The summed E-state index contributed by atoms with van der Waals surface area (Å²) in [6.45, 7) is -8.68. The van der Waals surface area contributed by atoms with Gasteiger partial charge in [-0.25, -0.2) is 0 Å². The number of hydrogen-bond donors (Lipinski definition) is 0. The summed E-state index contributed by atoms with van der Waals surface area (Å²) < 4.78 is 81.0. The van der Waals surface area contributed by atoms with Gasteiger partial charge in [-0.3, -0.25) is 4.68 Å². The molecule has 0 aliphatic carbocycles. The van der Waals surface area contributed by atoms with E-state index in [4.69, 9.17) is 21.6 Å². The number of nitrogens with zero attached hydrogens (tertiary/aromatic N) is 8. The van der Waals surface area contributed by atoms with E-state index in [1.807, 2.05) is 0 Å². The first-order valence-electron chi connectivity index (χ1n) is 12.4. The smallest absolute Gasteiger partial charge is 0.240 e. The first-order valence-corrected chi connectivity index (χ1v) is 7.95. The lowest BCUT2D eigenvalue weighted by atomic mass is 10.2. The number of fused-ring (bicyclic) bond motifs is 3. The van der Waals surface area contributed by atoms with Gasteiger partial charge in [-0.05, 0) is 19.8 Å². The number of benzene rings is 1. The van der Waals surface area contributed by atoms with Crippen LogP contribution in [-0.2, 0) is 13.1 Å². The van der Waals surface area contributed by atoms with Gasteiger partial charge in [-0.1, -0.05) is 28.6 Å². The van der Waals surface area contributed by atoms with Crippen LogP contribution in [0.2, 0.25) is 0 Å². The molecule has 0 unspecified atom stereocenters. The van der Waals surface area contributed by atoms with Gasteiger partial charge < -0.3 is 9.26 Å². The van der Waals surface area contributed by atoms with Crippen molar-refractivity contribution in [3.8, 4) is 17.4 Å². The number of aryl methyl sites for hydroxylation is 2. The molecular weight excluding hydrogens is 360 g/mol. The Labute approximate surface area is 171 Å². The van der Waals surface area contributed by atoms with E-state index in [0.29, 0.717) is 15.5 Å². The molecule has 0 radical (unpaired) electrons. The van der Waals surface area contributed by atoms with Crippen LogP contribution in [0, 0.1) is 6.85 Å². The molecule has 0 aliphatic heterocycles. The summed E-state index contributed by atoms with van der Waals surface area (Å²) in [5, 5.41) is 24.7. The lowest BCUT2D eigenvalue weighted by Crippen LogP contribution is -2.03. The summed E-state index contributed by atoms with van der Waals surface area (Å²) in [6, 6.07) is 6.47. The molecule has 5 rings (SSSR count). The molecule has 4 heterocycles. The van der Waals surface area contributed by atoms with Gasteiger partial charge in [0.2, 0.25) is 11.7 Å². The zero-order valence-corrected chi connectivity index (χ0v) is 14.0. The predicted octanol–water partition coefficient (Wildman–Crippen LogP) is 2.43. The topological polar surface area (TPSA) is 109 Å². The van der Waals surface area contributed by atoms with Crippen LogP contribution in [0.15, 0.2) is 41.0 Å². The van der Waals surface area contributed by atoms with Crippen LogP contribution in [0.25, 0.3) is 27.9 Å². The highest BCUT2D eigenvalue weighted by Crippen LogP contribution is 2.29. The Morgan fingerprint density at radius 1 is 1.25 bits per heavy atom. The first-order chi connectivity index (χ1) is 17.3. The SMILES string of the molecule is [2H]c1c(-c2nnc3c4ccccc4c(OCc4cn(C([2H])([2H])C([2H])([2H])[2H])nn4)nn23)noc1C([2H])([2H])[2H]. The molecule has 10 nitrogen and oxygen atoms in total. The Bertz CT molecular complexity index is 1620. The largest absolute Gasteiger partial charge is 0.470 e. The van der Waals surface area contributed by atoms with Gasteiger partial charge in [0, 0.05) is 31.5 Å². The maximum atomic E-state index is 8.20. The minimum Gasteiger partial charge on any atom is -0.470 e. The van der Waals surface area contributed by atoms with Crippen molar-refractivity contribution in [3.05, 3.63) is 48.0 Å². The standard InChI is InChI=1S/C18H16N8O2/c1-3-25-9-12(19-24-25)10-27-18-14-7-5-4-6-13(14)16-20-21-17(26(16)22-18)15-8-11(2)28-23-15/h4-9H,3,10H2,1-2H3/i1D3,2D3,3D2,8D. The second-order valence-electron chi connectivity index (χ2n) is 5.65. The minimum atomic E-state index is -2.97. The third-order valence-corrected chi connectivity index (χ3v) is 3.91. The molecule has 0 atom stereocenters. The van der Waals surface area contributed by atoms with E-state index in [1.54, 1.807) is 24.3 Å². The summed E-state index contributed by atoms with van der Waals surface area (Å²) in [4.78, 5) is 0. The highest BCUT2D eigenvalue weighted by atomic mass is 16.5. The fourth-order valence-electron chi connectivity index (χ4n) is 2.71. The van der Waals surface area contributed by atoms with Crippen molar-refractivity contribution in [2.75, 3.05) is 0 Å². The maximum absolute atomic E-state index is 8.20. The molecule has 0 spiro atoms. The molecule has 0 amide bonds. The van der Waals surface area contributed by atoms with E-state index in [2.05, 4.69) is 30.8 Å². The Morgan fingerprint density at radius 2 is 2.18 bits per heavy atom. The number of aromatic nitrogens is 8. The van der Waals surface area contributed by atoms with E-state index in [-0.39, 0.29) is 35.3 Å². The van der Waals surface area contributed by atoms with Crippen LogP contribution in [-0.4, -0.2) is 40.0 Å². The van der Waals surface area contributed by atoms with Crippen LogP contribution >= 0.6 is 0 Å². The number of ether oxygens (including phenoxy) is 1. The molecule has 0 saturated heterocycles. The van der Waals surface area contributed by atoms with Gasteiger partial charge in [-0.2, -0.15) is 4.52 Å². The van der Waals surface area contributed by atoms with Gasteiger partial charge in [-0.15, -0.1) is 20.4 Å². The van der Waals surface area contributed by atoms with Gasteiger partial charge in [0.1, 0.15) is 18.1 Å². The van der Waals surface area contributed by atoms with Crippen LogP contribution in [0.4, 0.5) is 0 Å². The molecule has 1 aromatic carbocycles. The Balaban J connectivity index is 1.54. The molecule has 0 saturated carbocycles. The van der Waals surface area contributed by atoms with E-state index in [1.165, 1.54) is 4.52 Å². The lowest BCUT2D eigenvalue weighted by Gasteiger charge is -2.08. The van der Waals surface area contributed by atoms with E-state index in [9.17, 15) is 0 Å². The van der Waals surface area contributed by atoms with Gasteiger partial charge in [0.15, 0.2) is 11.3 Å². The zero-order valence-electron chi connectivity index (χ0n) is 23.0. The predicted molar refractivity (Wildman–Crippen MR) is 98.6 cm³/mol. The molecule has 140 valence electrons. The summed E-state index contributed by atoms with van der Waals surface area (Å²) in [6.07, 6.45) is 1.12. The molecule has 0 fully saturated rings. The second-order valence-corrected chi connectivity index (χ2v) is 5.65. The lowest BCUT2D eigenvalue weighted by molar-refractivity contribution is 0.289. The van der Waals surface area contributed by atoms with Crippen LogP contribution < -0.4 is 4.74 Å². The van der Waals surface area contributed by atoms with Crippen molar-refractivity contribution < 1.29 is 21.6 Å². The maximum Gasteiger partial charge on any atom is 0.240 e. The molecule has 4 aromatic heterocycles. The quantitative estimate of drug-likeness (QED) is 0.454. The first kappa shape index (κ1) is 9.40. The molecule has 5 aromatic rings. The van der Waals surface area contributed by atoms with Crippen molar-refractivity contribution in [3.63, 3.8) is 0 Å². The average Bonchev–Trinajstić information content (AvgIpc) is 3.54. The fourth-order valence-corrected chi connectivity index (χ4v) is 2.71. The normalized spacial score (nSPS) is 17.6. The van der Waals surface area contributed by atoms with Crippen molar-refractivity contribution in [1.29, 1.82) is 0 Å². The Kier molecular flexibility index (Phi) is 2.15. The fraction of sp³-hybridized carbons (Fsp3) is 0.222. The monoisotopic (exact) mass is 385 g/mol. The molecular formula is C18H16N8O2. The summed E-state index contributed by atoms with van der Waals surface area (Å²) in [5.41, 5.74) is 0.241. The molecule has 10 heteroatoms. The number of rotatable bonds is 5. The summed E-state index contributed by atoms with van der Waals surface area (Å²) in [5.74, 6) is -0.577. The third-order valence-electron chi connectivity index (χ3n) is 3.91. The summed E-state index contributed by atoms with van der Waals surface area (Å²) in [7, 11) is 0. The van der Waals surface area contributed by atoms with Gasteiger partial charge in [0.25, 0.3) is 0 Å². The third kappa shape index (κ3) is 2.66. The van der Waals surface area contributed by atoms with Crippen LogP contribution in [0.3, 0.4) is 0 Å². The molecule has 0 aliphatic rings. The van der Waals surface area contributed by atoms with Gasteiger partial charge in [0.05, 0.1) is 10.3 Å². The summed E-state index contributed by atoms with van der Waals surface area (Å²) >= 11 is 0. The van der Waals surface area contributed by atoms with Crippen LogP contribution in [0.5, 0.6) is 5.88 Å². The van der Waals surface area contributed by atoms with Crippen molar-refractivity contribution in [2.24, 2.45) is 0 Å². The van der Waals surface area contributed by atoms with E-state index < -0.39 is 32.0 Å². The van der Waals surface area contributed by atoms with Crippen molar-refractivity contribution in [2.45, 2.75) is 26.8 Å². The average molecular weight is 385 g/mol. The van der Waals surface area contributed by atoms with Crippen LogP contribution in [0.1, 0.15) is 30.6 Å².